The molecule has 0 amide bonds. The molecule has 0 radical (unpaired) electrons. The van der Waals surface area contributed by atoms with E-state index >= 15 is 0 Å². The number of benzene rings is 2. The Balaban J connectivity index is 1.45. The molecule has 0 saturated carbocycles. The first-order chi connectivity index (χ1) is 15.7. The summed E-state index contributed by atoms with van der Waals surface area (Å²) < 4.78 is 30.4. The Morgan fingerprint density at radius 2 is 1.64 bits per heavy atom. The Morgan fingerprint density at radius 1 is 0.970 bits per heavy atom. The number of sulfonamides is 1. The number of aromatic amines is 1. The first kappa shape index (κ1) is 22.6. The minimum atomic E-state index is -3.84. The van der Waals surface area contributed by atoms with Gasteiger partial charge in [0, 0.05) is 33.5 Å². The summed E-state index contributed by atoms with van der Waals surface area (Å²) in [6, 6.07) is 12.4. The molecule has 0 bridgehead atoms. The van der Waals surface area contributed by atoms with Crippen LogP contribution in [-0.2, 0) is 37.0 Å². The zero-order valence-corrected chi connectivity index (χ0v) is 19.3. The van der Waals surface area contributed by atoms with E-state index in [1.807, 2.05) is 31.2 Å². The number of hydrogen-bond donors (Lipinski definition) is 2. The van der Waals surface area contributed by atoms with Gasteiger partial charge >= 0.3 is 11.1 Å². The van der Waals surface area contributed by atoms with E-state index in [9.17, 15) is 18.0 Å². The highest BCUT2D eigenvalue weighted by atomic mass is 32.2. The molecule has 0 fully saturated rings. The molecule has 11 heteroatoms. The first-order valence-electron chi connectivity index (χ1n) is 10.3. The molecule has 2 N–H and O–H groups in total. The van der Waals surface area contributed by atoms with Crippen molar-refractivity contribution in [1.82, 2.24) is 29.0 Å². The van der Waals surface area contributed by atoms with Gasteiger partial charge in [0.15, 0.2) is 5.82 Å². The van der Waals surface area contributed by atoms with Gasteiger partial charge < -0.3 is 9.13 Å². The number of aromatic nitrogens is 5. The van der Waals surface area contributed by atoms with E-state index < -0.39 is 21.1 Å². The maximum absolute atomic E-state index is 12.8. The zero-order chi connectivity index (χ0) is 23.8. The molecular formula is C22H24N6O4S. The minimum Gasteiger partial charge on any atom is -0.305 e. The molecule has 0 saturated heterocycles. The SMILES string of the molecule is Cc1ccc(Cc2nc(CCNS(=O)(=O)c3ccc4c(c3)n(C)c(=O)c(=O)n4C)n[nH]2)cc1. The van der Waals surface area contributed by atoms with Crippen LogP contribution < -0.4 is 15.8 Å². The van der Waals surface area contributed by atoms with Crippen LogP contribution in [0.2, 0.25) is 0 Å². The van der Waals surface area contributed by atoms with Gasteiger partial charge in [-0.2, -0.15) is 5.10 Å². The third-order valence-electron chi connectivity index (χ3n) is 5.48. The summed E-state index contributed by atoms with van der Waals surface area (Å²) in [7, 11) is -0.926. The average molecular weight is 469 g/mol. The van der Waals surface area contributed by atoms with Gasteiger partial charge in [-0.05, 0) is 30.7 Å². The standard InChI is InChI=1S/C22H24N6O4S/c1-14-4-6-15(7-5-14)12-20-24-19(25-26-20)10-11-23-33(31,32)16-8-9-17-18(13-16)28(3)22(30)21(29)27(17)2/h4-9,13,23H,10-12H2,1-3H3,(H,24,25,26). The van der Waals surface area contributed by atoms with Crippen LogP contribution >= 0.6 is 0 Å². The highest BCUT2D eigenvalue weighted by Gasteiger charge is 2.17. The zero-order valence-electron chi connectivity index (χ0n) is 18.5. The molecule has 0 aliphatic heterocycles. The van der Waals surface area contributed by atoms with Crippen LogP contribution in [0.1, 0.15) is 22.8 Å². The summed E-state index contributed by atoms with van der Waals surface area (Å²) in [6.07, 6.45) is 0.918. The van der Waals surface area contributed by atoms with Crippen LogP contribution in [0, 0.1) is 6.92 Å². The monoisotopic (exact) mass is 468 g/mol. The number of nitrogens with zero attached hydrogens (tertiary/aromatic N) is 4. The smallest absolute Gasteiger partial charge is 0.305 e. The highest BCUT2D eigenvalue weighted by Crippen LogP contribution is 2.16. The van der Waals surface area contributed by atoms with Crippen molar-refractivity contribution >= 4 is 21.1 Å². The molecule has 0 aliphatic rings. The minimum absolute atomic E-state index is 0.00121. The van der Waals surface area contributed by atoms with Crippen molar-refractivity contribution in [2.75, 3.05) is 6.54 Å². The maximum Gasteiger partial charge on any atom is 0.316 e. The van der Waals surface area contributed by atoms with Crippen molar-refractivity contribution < 1.29 is 8.42 Å². The number of aryl methyl sites for hydroxylation is 3. The summed E-state index contributed by atoms with van der Waals surface area (Å²) in [5.74, 6) is 1.22. The van der Waals surface area contributed by atoms with Gasteiger partial charge in [-0.3, -0.25) is 14.7 Å². The number of nitrogens with one attached hydrogen (secondary N) is 2. The summed E-state index contributed by atoms with van der Waals surface area (Å²) in [5.41, 5.74) is 1.70. The van der Waals surface area contributed by atoms with Gasteiger partial charge in [0.25, 0.3) is 0 Å². The Kier molecular flexibility index (Phi) is 6.00. The summed E-state index contributed by atoms with van der Waals surface area (Å²) in [5, 5.41) is 7.05. The average Bonchev–Trinajstić information content (AvgIpc) is 3.24. The van der Waals surface area contributed by atoms with E-state index in [0.717, 1.165) is 10.1 Å². The Labute approximate surface area is 190 Å². The predicted octanol–water partition coefficient (Wildman–Crippen LogP) is 0.776. The van der Waals surface area contributed by atoms with Gasteiger partial charge in [-0.25, -0.2) is 18.1 Å². The quantitative estimate of drug-likeness (QED) is 0.385. The Morgan fingerprint density at radius 3 is 2.33 bits per heavy atom. The molecule has 2 aromatic carbocycles. The third-order valence-corrected chi connectivity index (χ3v) is 6.94. The molecule has 172 valence electrons. The number of H-pyrrole nitrogens is 1. The van der Waals surface area contributed by atoms with Crippen LogP contribution in [0.4, 0.5) is 0 Å². The topological polar surface area (TPSA) is 132 Å². The molecule has 4 aromatic rings. The number of fused-ring (bicyclic) bond motifs is 1. The van der Waals surface area contributed by atoms with Crippen LogP contribution in [0.5, 0.6) is 0 Å². The first-order valence-corrected chi connectivity index (χ1v) is 11.8. The largest absolute Gasteiger partial charge is 0.316 e. The van der Waals surface area contributed by atoms with Crippen LogP contribution in [0.3, 0.4) is 0 Å². The molecule has 10 nitrogen and oxygen atoms in total. The molecule has 2 aromatic heterocycles. The molecule has 0 spiro atoms. The molecule has 0 atom stereocenters. The van der Waals surface area contributed by atoms with Crippen molar-refractivity contribution in [2.24, 2.45) is 14.1 Å². The van der Waals surface area contributed by atoms with E-state index in [1.165, 1.54) is 42.4 Å². The fourth-order valence-electron chi connectivity index (χ4n) is 3.53. The second-order valence-corrected chi connectivity index (χ2v) is 9.65. The lowest BCUT2D eigenvalue weighted by atomic mass is 10.1. The third kappa shape index (κ3) is 4.64. The fourth-order valence-corrected chi connectivity index (χ4v) is 4.59. The lowest BCUT2D eigenvalue weighted by Crippen LogP contribution is -2.39. The summed E-state index contributed by atoms with van der Waals surface area (Å²) >= 11 is 0. The van der Waals surface area contributed by atoms with Gasteiger partial charge in [0.05, 0.1) is 15.9 Å². The van der Waals surface area contributed by atoms with E-state index in [2.05, 4.69) is 19.9 Å². The fraction of sp³-hybridized carbons (Fsp3) is 0.273. The van der Waals surface area contributed by atoms with Crippen LogP contribution in [0.25, 0.3) is 11.0 Å². The molecule has 2 heterocycles. The number of hydrogen-bond acceptors (Lipinski definition) is 6. The van der Waals surface area contributed by atoms with Crippen LogP contribution in [-0.4, -0.2) is 39.3 Å². The van der Waals surface area contributed by atoms with Crippen molar-refractivity contribution in [2.45, 2.75) is 24.7 Å². The summed E-state index contributed by atoms with van der Waals surface area (Å²) in [4.78, 5) is 28.5. The highest BCUT2D eigenvalue weighted by molar-refractivity contribution is 7.89. The maximum atomic E-state index is 12.8. The molecule has 0 unspecified atom stereocenters. The molecular weight excluding hydrogens is 444 g/mol. The van der Waals surface area contributed by atoms with Gasteiger partial charge in [0.1, 0.15) is 5.82 Å². The predicted molar refractivity (Wildman–Crippen MR) is 124 cm³/mol. The van der Waals surface area contributed by atoms with Gasteiger partial charge in [0.2, 0.25) is 10.0 Å². The van der Waals surface area contributed by atoms with E-state index in [1.54, 1.807) is 0 Å². The van der Waals surface area contributed by atoms with E-state index in [0.29, 0.717) is 35.5 Å². The van der Waals surface area contributed by atoms with Crippen LogP contribution in [0.15, 0.2) is 56.9 Å². The van der Waals surface area contributed by atoms with Crippen molar-refractivity contribution in [3.05, 3.63) is 85.9 Å². The van der Waals surface area contributed by atoms with E-state index in [-0.39, 0.29) is 11.4 Å². The molecule has 0 aliphatic carbocycles. The van der Waals surface area contributed by atoms with Gasteiger partial charge in [-0.1, -0.05) is 29.8 Å². The molecule has 33 heavy (non-hydrogen) atoms. The van der Waals surface area contributed by atoms with Crippen molar-refractivity contribution in [1.29, 1.82) is 0 Å². The van der Waals surface area contributed by atoms with E-state index in [4.69, 9.17) is 0 Å². The Bertz CT molecular complexity index is 1550. The van der Waals surface area contributed by atoms with Crippen molar-refractivity contribution in [3.8, 4) is 0 Å². The summed E-state index contributed by atoms with van der Waals surface area (Å²) in [6.45, 7) is 2.13. The Hall–Kier alpha value is -3.57. The number of rotatable bonds is 7. The molecule has 4 rings (SSSR count). The van der Waals surface area contributed by atoms with Crippen molar-refractivity contribution in [3.63, 3.8) is 0 Å². The second kappa shape index (κ2) is 8.75. The second-order valence-electron chi connectivity index (χ2n) is 7.89. The normalized spacial score (nSPS) is 11.8. The lowest BCUT2D eigenvalue weighted by molar-refractivity contribution is 0.581. The van der Waals surface area contributed by atoms with Gasteiger partial charge in [-0.15, -0.1) is 0 Å². The lowest BCUT2D eigenvalue weighted by Gasteiger charge is -2.11.